The molecule has 0 bridgehead atoms. The van der Waals surface area contributed by atoms with Gasteiger partial charge < -0.3 is 15.2 Å². The van der Waals surface area contributed by atoms with Gasteiger partial charge in [-0.3, -0.25) is 4.79 Å². The number of hydrogen-bond donors (Lipinski definition) is 2. The molecule has 3 rings (SSSR count). The summed E-state index contributed by atoms with van der Waals surface area (Å²) in [6.45, 7) is 4.06. The maximum Gasteiger partial charge on any atom is 0.227 e. The minimum atomic E-state index is -0.224. The van der Waals surface area contributed by atoms with E-state index in [1.165, 1.54) is 24.8 Å². The Labute approximate surface area is 157 Å². The Kier molecular flexibility index (Phi) is 6.71. The Balaban J connectivity index is 1.72. The molecule has 1 aromatic rings. The molecule has 4 nitrogen and oxygen atoms in total. The number of carbonyl (C=O) groups is 1. The smallest absolute Gasteiger partial charge is 0.227 e. The number of aryl methyl sites for hydroxylation is 1. The van der Waals surface area contributed by atoms with Crippen LogP contribution < -0.4 is 5.32 Å². The molecule has 1 amide bonds. The number of aliphatic hydroxyl groups is 1. The molecule has 4 heteroatoms. The summed E-state index contributed by atoms with van der Waals surface area (Å²) in [5, 5.41) is 13.1. The van der Waals surface area contributed by atoms with Crippen LogP contribution in [0.4, 0.5) is 0 Å². The SMILES string of the molecule is Cc1ccc(C(C(=O)NCC2(CO)CCOCC2)C2CCCCC2)cc1. The average Bonchev–Trinajstić information content (AvgIpc) is 2.70. The van der Waals surface area contributed by atoms with Crippen LogP contribution in [0.1, 0.15) is 62.0 Å². The molecule has 26 heavy (non-hydrogen) atoms. The molecule has 1 saturated heterocycles. The van der Waals surface area contributed by atoms with Crippen LogP contribution in [0.3, 0.4) is 0 Å². The first-order chi connectivity index (χ1) is 12.6. The number of rotatable bonds is 6. The van der Waals surface area contributed by atoms with Crippen molar-refractivity contribution in [2.24, 2.45) is 11.3 Å². The lowest BCUT2D eigenvalue weighted by molar-refractivity contribution is -0.125. The van der Waals surface area contributed by atoms with Crippen molar-refractivity contribution in [1.82, 2.24) is 5.32 Å². The predicted molar refractivity (Wildman–Crippen MR) is 103 cm³/mol. The maximum absolute atomic E-state index is 13.2. The fourth-order valence-corrected chi connectivity index (χ4v) is 4.46. The molecule has 2 aliphatic rings. The summed E-state index contributed by atoms with van der Waals surface area (Å²) in [6, 6.07) is 8.44. The first-order valence-electron chi connectivity index (χ1n) is 10.2. The summed E-state index contributed by atoms with van der Waals surface area (Å²) in [7, 11) is 0. The molecule has 1 aromatic carbocycles. The molecule has 1 saturated carbocycles. The van der Waals surface area contributed by atoms with E-state index in [4.69, 9.17) is 4.74 Å². The second-order valence-electron chi connectivity index (χ2n) is 8.27. The number of aliphatic hydroxyl groups excluding tert-OH is 1. The van der Waals surface area contributed by atoms with Crippen LogP contribution in [0.15, 0.2) is 24.3 Å². The second-order valence-corrected chi connectivity index (χ2v) is 8.27. The zero-order valence-electron chi connectivity index (χ0n) is 16.0. The van der Waals surface area contributed by atoms with Crippen molar-refractivity contribution >= 4 is 5.91 Å². The molecule has 1 heterocycles. The highest BCUT2D eigenvalue weighted by atomic mass is 16.5. The van der Waals surface area contributed by atoms with Gasteiger partial charge in [-0.25, -0.2) is 0 Å². The quantitative estimate of drug-likeness (QED) is 0.816. The number of amides is 1. The zero-order chi connectivity index (χ0) is 18.4. The van der Waals surface area contributed by atoms with Gasteiger partial charge in [0.05, 0.1) is 12.5 Å². The first-order valence-corrected chi connectivity index (χ1v) is 10.2. The molecule has 0 spiro atoms. The van der Waals surface area contributed by atoms with E-state index in [0.29, 0.717) is 25.7 Å². The number of benzene rings is 1. The van der Waals surface area contributed by atoms with Crippen LogP contribution in [0.5, 0.6) is 0 Å². The fourth-order valence-electron chi connectivity index (χ4n) is 4.46. The van der Waals surface area contributed by atoms with Gasteiger partial charge in [0, 0.05) is 25.2 Å². The van der Waals surface area contributed by atoms with Crippen molar-refractivity contribution in [3.63, 3.8) is 0 Å². The van der Waals surface area contributed by atoms with Gasteiger partial charge in [0.25, 0.3) is 0 Å². The standard InChI is InChI=1S/C22H33NO3/c1-17-7-9-19(10-8-17)20(18-5-3-2-4-6-18)21(25)23-15-22(16-24)11-13-26-14-12-22/h7-10,18,20,24H,2-6,11-16H2,1H3,(H,23,25). The zero-order valence-corrected chi connectivity index (χ0v) is 16.0. The van der Waals surface area contributed by atoms with Crippen molar-refractivity contribution in [2.75, 3.05) is 26.4 Å². The van der Waals surface area contributed by atoms with Gasteiger partial charge in [-0.2, -0.15) is 0 Å². The molecule has 1 atom stereocenters. The molecule has 1 aliphatic carbocycles. The van der Waals surface area contributed by atoms with Crippen molar-refractivity contribution in [2.45, 2.75) is 57.8 Å². The summed E-state index contributed by atoms with van der Waals surface area (Å²) in [5.74, 6) is 0.470. The normalized spacial score (nSPS) is 21.9. The van der Waals surface area contributed by atoms with Crippen molar-refractivity contribution in [1.29, 1.82) is 0 Å². The molecule has 1 aliphatic heterocycles. The highest BCUT2D eigenvalue weighted by Gasteiger charge is 2.35. The third-order valence-corrected chi connectivity index (χ3v) is 6.37. The van der Waals surface area contributed by atoms with Gasteiger partial charge in [0.2, 0.25) is 5.91 Å². The minimum Gasteiger partial charge on any atom is -0.396 e. The molecule has 144 valence electrons. The lowest BCUT2D eigenvalue weighted by atomic mass is 9.75. The van der Waals surface area contributed by atoms with Crippen LogP contribution in [0, 0.1) is 18.3 Å². The number of carbonyl (C=O) groups excluding carboxylic acids is 1. The van der Waals surface area contributed by atoms with Gasteiger partial charge in [0.1, 0.15) is 0 Å². The van der Waals surface area contributed by atoms with Crippen LogP contribution in [0.2, 0.25) is 0 Å². The Hall–Kier alpha value is -1.39. The predicted octanol–water partition coefficient (Wildman–Crippen LogP) is 3.56. The largest absolute Gasteiger partial charge is 0.396 e. The molecular weight excluding hydrogens is 326 g/mol. The van der Waals surface area contributed by atoms with Gasteiger partial charge in [-0.1, -0.05) is 49.1 Å². The lowest BCUT2D eigenvalue weighted by Gasteiger charge is -2.37. The lowest BCUT2D eigenvalue weighted by Crippen LogP contribution is -2.45. The second kappa shape index (κ2) is 9.01. The van der Waals surface area contributed by atoms with Gasteiger partial charge >= 0.3 is 0 Å². The summed E-state index contributed by atoms with van der Waals surface area (Å²) >= 11 is 0. The summed E-state index contributed by atoms with van der Waals surface area (Å²) in [4.78, 5) is 13.2. The van der Waals surface area contributed by atoms with Gasteiger partial charge in [0.15, 0.2) is 0 Å². The van der Waals surface area contributed by atoms with Gasteiger partial charge in [-0.15, -0.1) is 0 Å². The van der Waals surface area contributed by atoms with Crippen LogP contribution in [-0.4, -0.2) is 37.4 Å². The molecule has 0 aromatic heterocycles. The summed E-state index contributed by atoms with van der Waals surface area (Å²) in [5.41, 5.74) is 2.13. The first kappa shape index (κ1) is 19.4. The Morgan fingerprint density at radius 2 is 1.85 bits per heavy atom. The van der Waals surface area contributed by atoms with Gasteiger partial charge in [-0.05, 0) is 44.1 Å². The third-order valence-electron chi connectivity index (χ3n) is 6.37. The molecule has 1 unspecified atom stereocenters. The number of nitrogens with one attached hydrogen (secondary N) is 1. The van der Waals surface area contributed by atoms with E-state index in [1.807, 2.05) is 0 Å². The highest BCUT2D eigenvalue weighted by molar-refractivity contribution is 5.84. The molecule has 2 N–H and O–H groups in total. The Morgan fingerprint density at radius 3 is 2.46 bits per heavy atom. The average molecular weight is 360 g/mol. The van der Waals surface area contributed by atoms with E-state index >= 15 is 0 Å². The van der Waals surface area contributed by atoms with Crippen LogP contribution in [0.25, 0.3) is 0 Å². The van der Waals surface area contributed by atoms with Crippen molar-refractivity contribution < 1.29 is 14.6 Å². The van der Waals surface area contributed by atoms with E-state index in [9.17, 15) is 9.90 Å². The monoisotopic (exact) mass is 359 g/mol. The minimum absolute atomic E-state index is 0.0773. The maximum atomic E-state index is 13.2. The fraction of sp³-hybridized carbons (Fsp3) is 0.682. The Bertz CT molecular complexity index is 572. The van der Waals surface area contributed by atoms with Crippen molar-refractivity contribution in [3.8, 4) is 0 Å². The van der Waals surface area contributed by atoms with Crippen molar-refractivity contribution in [3.05, 3.63) is 35.4 Å². The molecule has 0 radical (unpaired) electrons. The molecular formula is C22H33NO3. The summed E-state index contributed by atoms with van der Waals surface area (Å²) in [6.07, 6.45) is 7.60. The summed E-state index contributed by atoms with van der Waals surface area (Å²) < 4.78 is 5.43. The van der Waals surface area contributed by atoms with E-state index in [0.717, 1.165) is 31.2 Å². The van der Waals surface area contributed by atoms with E-state index in [1.54, 1.807) is 0 Å². The highest BCUT2D eigenvalue weighted by Crippen LogP contribution is 2.37. The molecule has 2 fully saturated rings. The number of ether oxygens (including phenoxy) is 1. The van der Waals surface area contributed by atoms with E-state index in [-0.39, 0.29) is 23.8 Å². The third kappa shape index (κ3) is 4.66. The van der Waals surface area contributed by atoms with E-state index in [2.05, 4.69) is 36.5 Å². The van der Waals surface area contributed by atoms with Crippen LogP contribution in [-0.2, 0) is 9.53 Å². The van der Waals surface area contributed by atoms with Crippen LogP contribution >= 0.6 is 0 Å². The van der Waals surface area contributed by atoms with E-state index < -0.39 is 0 Å². The number of hydrogen-bond acceptors (Lipinski definition) is 3. The topological polar surface area (TPSA) is 58.6 Å². The Morgan fingerprint density at radius 1 is 1.19 bits per heavy atom.